The van der Waals surface area contributed by atoms with Crippen molar-refractivity contribution in [2.45, 2.75) is 106 Å². The topological polar surface area (TPSA) is 92.3 Å². The van der Waals surface area contributed by atoms with Crippen LogP contribution in [0.5, 0.6) is 5.75 Å². The molecule has 3 aliphatic rings. The molecular weight excluding hydrogens is 679 g/mol. The molecule has 0 saturated carbocycles. The van der Waals surface area contributed by atoms with Crippen LogP contribution in [0.3, 0.4) is 0 Å². The first-order valence-electron chi connectivity index (χ1n) is 18.9. The van der Waals surface area contributed by atoms with E-state index in [0.717, 1.165) is 57.4 Å². The second kappa shape index (κ2) is 15.5. The summed E-state index contributed by atoms with van der Waals surface area (Å²) in [5.41, 5.74) is 1.05. The fourth-order valence-electron chi connectivity index (χ4n) is 8.80. The van der Waals surface area contributed by atoms with Crippen LogP contribution in [0.25, 0.3) is 10.9 Å². The molecule has 0 spiro atoms. The van der Waals surface area contributed by atoms with Gasteiger partial charge in [0.05, 0.1) is 16.1 Å². The zero-order valence-electron chi connectivity index (χ0n) is 31.9. The van der Waals surface area contributed by atoms with Crippen molar-refractivity contribution in [3.8, 4) is 5.75 Å². The van der Waals surface area contributed by atoms with Crippen molar-refractivity contribution in [1.29, 1.82) is 0 Å². The lowest BCUT2D eigenvalue weighted by Crippen LogP contribution is -2.55. The Morgan fingerprint density at radius 3 is 2.00 bits per heavy atom. The number of rotatable bonds is 10. The molecule has 4 heterocycles. The molecule has 3 saturated heterocycles. The molecule has 51 heavy (non-hydrogen) atoms. The smallest absolute Gasteiger partial charge is 0.210 e. The Morgan fingerprint density at radius 1 is 0.843 bits per heavy atom. The molecule has 6 rings (SSSR count). The Bertz CT molecular complexity index is 1730. The summed E-state index contributed by atoms with van der Waals surface area (Å²) >= 11 is -1.22. The molecule has 3 aliphatic heterocycles. The van der Waals surface area contributed by atoms with Gasteiger partial charge in [0.15, 0.2) is 4.90 Å². The van der Waals surface area contributed by atoms with Crippen LogP contribution in [0, 0.1) is 5.41 Å². The van der Waals surface area contributed by atoms with Crippen molar-refractivity contribution in [1.82, 2.24) is 19.7 Å². The highest BCUT2D eigenvalue weighted by molar-refractivity contribution is 7.91. The van der Waals surface area contributed by atoms with Gasteiger partial charge in [0.1, 0.15) is 22.5 Å². The van der Waals surface area contributed by atoms with Gasteiger partial charge in [-0.25, -0.2) is 8.42 Å². The number of aromatic nitrogens is 1. The largest absolute Gasteiger partial charge is 0.612 e. The SMILES string of the molecule is CCN1CCN(C2CCN(C3CCN(c4c(S(=O)(=O)c5ccc(OC(C)(C)CC(C)(C)C)cc5)cnc5ccc([S+](C)[O-])cc45)CC3)CC2)CC1. The third kappa shape index (κ3) is 9.04. The average Bonchev–Trinajstić information content (AvgIpc) is 3.10. The molecule has 1 atom stereocenters. The van der Waals surface area contributed by atoms with Crippen molar-refractivity contribution < 1.29 is 17.7 Å². The number of benzene rings is 2. The normalized spacial score (nSPS) is 20.6. The second-order valence-electron chi connectivity index (χ2n) is 16.6. The number of hydrogen-bond donors (Lipinski definition) is 0. The molecular formula is C40H59N5O4S2. The van der Waals surface area contributed by atoms with E-state index in [0.29, 0.717) is 33.9 Å². The van der Waals surface area contributed by atoms with Gasteiger partial charge in [-0.3, -0.25) is 9.88 Å². The van der Waals surface area contributed by atoms with E-state index in [1.807, 2.05) is 18.2 Å². The van der Waals surface area contributed by atoms with Crippen LogP contribution < -0.4 is 9.64 Å². The number of likely N-dealkylation sites (tertiary alicyclic amines) is 1. The number of anilines is 1. The first-order chi connectivity index (χ1) is 24.1. The van der Waals surface area contributed by atoms with Gasteiger partial charge in [0.2, 0.25) is 9.84 Å². The van der Waals surface area contributed by atoms with Gasteiger partial charge in [-0.15, -0.1) is 0 Å². The number of piperazine rings is 1. The Labute approximate surface area is 309 Å². The van der Waals surface area contributed by atoms with E-state index < -0.39 is 26.6 Å². The molecule has 3 fully saturated rings. The summed E-state index contributed by atoms with van der Waals surface area (Å²) in [4.78, 5) is 15.9. The van der Waals surface area contributed by atoms with Crippen molar-refractivity contribution in [2.75, 3.05) is 70.1 Å². The van der Waals surface area contributed by atoms with Crippen LogP contribution in [0.2, 0.25) is 0 Å². The lowest BCUT2D eigenvalue weighted by atomic mass is 9.83. The van der Waals surface area contributed by atoms with Gasteiger partial charge in [-0.2, -0.15) is 0 Å². The second-order valence-corrected chi connectivity index (χ2v) is 19.9. The first kappa shape index (κ1) is 38.3. The summed E-state index contributed by atoms with van der Waals surface area (Å²) in [5.74, 6) is 0.639. The van der Waals surface area contributed by atoms with Crippen LogP contribution >= 0.6 is 0 Å². The van der Waals surface area contributed by atoms with Crippen molar-refractivity contribution in [2.24, 2.45) is 5.41 Å². The number of likely N-dealkylation sites (N-methyl/N-ethyl adjacent to an activating group) is 1. The van der Waals surface area contributed by atoms with Crippen molar-refractivity contribution in [3.63, 3.8) is 0 Å². The van der Waals surface area contributed by atoms with Crippen LogP contribution in [0.15, 0.2) is 63.3 Å². The number of fused-ring (bicyclic) bond motifs is 1. The van der Waals surface area contributed by atoms with Crippen molar-refractivity contribution in [3.05, 3.63) is 48.7 Å². The Balaban J connectivity index is 1.21. The third-order valence-corrected chi connectivity index (χ3v) is 13.7. The van der Waals surface area contributed by atoms with Gasteiger partial charge < -0.3 is 24.0 Å². The molecule has 1 aromatic heterocycles. The predicted octanol–water partition coefficient (Wildman–Crippen LogP) is 6.47. The number of hydrogen-bond acceptors (Lipinski definition) is 9. The monoisotopic (exact) mass is 737 g/mol. The summed E-state index contributed by atoms with van der Waals surface area (Å²) in [6.07, 6.45) is 8.40. The zero-order valence-corrected chi connectivity index (χ0v) is 33.5. The molecule has 9 nitrogen and oxygen atoms in total. The first-order valence-corrected chi connectivity index (χ1v) is 21.9. The number of piperidine rings is 2. The molecule has 3 aromatic rings. The molecule has 280 valence electrons. The van der Waals surface area contributed by atoms with Crippen LogP contribution in [0.4, 0.5) is 5.69 Å². The molecule has 0 bridgehead atoms. The van der Waals surface area contributed by atoms with E-state index in [9.17, 15) is 13.0 Å². The Morgan fingerprint density at radius 2 is 1.43 bits per heavy atom. The van der Waals surface area contributed by atoms with Gasteiger partial charge in [-0.1, -0.05) is 27.7 Å². The minimum Gasteiger partial charge on any atom is -0.612 e. The maximum absolute atomic E-state index is 14.5. The van der Waals surface area contributed by atoms with Gasteiger partial charge in [-0.05, 0) is 119 Å². The van der Waals surface area contributed by atoms with E-state index in [1.165, 1.54) is 45.2 Å². The average molecular weight is 738 g/mol. The summed E-state index contributed by atoms with van der Waals surface area (Å²) in [7, 11) is -3.94. The maximum Gasteiger partial charge on any atom is 0.210 e. The highest BCUT2D eigenvalue weighted by atomic mass is 32.2. The fourth-order valence-corrected chi connectivity index (χ4v) is 10.8. The van der Waals surface area contributed by atoms with Gasteiger partial charge in [0.25, 0.3) is 0 Å². The maximum atomic E-state index is 14.5. The molecule has 0 N–H and O–H groups in total. The summed E-state index contributed by atoms with van der Waals surface area (Å²) in [5, 5.41) is 0.732. The summed E-state index contributed by atoms with van der Waals surface area (Å²) in [6.45, 7) is 22.6. The number of sulfone groups is 1. The van der Waals surface area contributed by atoms with E-state index >= 15 is 0 Å². The van der Waals surface area contributed by atoms with Crippen LogP contribution in [-0.4, -0.2) is 115 Å². The van der Waals surface area contributed by atoms with E-state index in [-0.39, 0.29) is 15.2 Å². The molecule has 1 unspecified atom stereocenters. The number of ether oxygens (including phenoxy) is 1. The minimum atomic E-state index is -3.94. The Kier molecular flexibility index (Phi) is 11.7. The highest BCUT2D eigenvalue weighted by Crippen LogP contribution is 2.39. The van der Waals surface area contributed by atoms with Crippen LogP contribution in [-0.2, 0) is 21.0 Å². The fraction of sp³-hybridized carbons (Fsp3) is 0.625. The zero-order chi connectivity index (χ0) is 36.6. The van der Waals surface area contributed by atoms with E-state index in [4.69, 9.17) is 4.74 Å². The van der Waals surface area contributed by atoms with Crippen LogP contribution in [0.1, 0.15) is 73.6 Å². The van der Waals surface area contributed by atoms with E-state index in [2.05, 4.69) is 66.1 Å². The molecule has 2 aromatic carbocycles. The van der Waals surface area contributed by atoms with Gasteiger partial charge >= 0.3 is 0 Å². The minimum absolute atomic E-state index is 0.0894. The van der Waals surface area contributed by atoms with Crippen molar-refractivity contribution >= 4 is 37.6 Å². The number of nitrogens with zero attached hydrogens (tertiary/aromatic N) is 5. The molecule has 0 radical (unpaired) electrons. The highest BCUT2D eigenvalue weighted by Gasteiger charge is 2.34. The standard InChI is InChI=1S/C40H59N5O4S2/c1-8-42-23-25-44(26-24-42)31-15-19-43(20-16-31)30-17-21-45(22-18-30)38-35-27-33(50(7)46)11-14-36(35)41-28-37(38)51(47,48)34-12-9-32(10-13-34)49-40(5,6)29-39(2,3)4/h9-14,27-28,30-31H,8,15-26,29H2,1-7H3. The molecule has 0 amide bonds. The predicted molar refractivity (Wildman–Crippen MR) is 208 cm³/mol. The molecule has 0 aliphatic carbocycles. The Hall–Kier alpha value is -2.41. The summed E-state index contributed by atoms with van der Waals surface area (Å²) < 4.78 is 47.8. The van der Waals surface area contributed by atoms with Gasteiger partial charge in [0, 0.05) is 69.0 Å². The molecule has 11 heteroatoms. The van der Waals surface area contributed by atoms with E-state index in [1.54, 1.807) is 30.5 Å². The lowest BCUT2D eigenvalue weighted by Gasteiger charge is -2.46. The lowest BCUT2D eigenvalue weighted by molar-refractivity contribution is 0.0449. The summed E-state index contributed by atoms with van der Waals surface area (Å²) in [6, 6.07) is 13.5. The third-order valence-electron chi connectivity index (χ3n) is 11.0. The quantitative estimate of drug-likeness (QED) is 0.217. The number of pyridine rings is 1.